The van der Waals surface area contributed by atoms with Crippen LogP contribution in [0.3, 0.4) is 0 Å². The highest BCUT2D eigenvalue weighted by atomic mass is 19.3. The quantitative estimate of drug-likeness (QED) is 0.397. The topological polar surface area (TPSA) is 80.9 Å². The van der Waals surface area contributed by atoms with E-state index in [0.717, 1.165) is 0 Å². The fourth-order valence-corrected chi connectivity index (χ4v) is 1.01. The van der Waals surface area contributed by atoms with Gasteiger partial charge in [0, 0.05) is 6.42 Å². The maximum absolute atomic E-state index is 12.9. The lowest BCUT2D eigenvalue weighted by atomic mass is 10.0. The third kappa shape index (κ3) is 3.30. The first-order valence-electron chi connectivity index (χ1n) is 4.52. The van der Waals surface area contributed by atoms with E-state index in [-0.39, 0.29) is 6.42 Å². The number of rotatable bonds is 6. The number of alkyl halides is 3. The molecule has 0 aromatic heterocycles. The summed E-state index contributed by atoms with van der Waals surface area (Å²) in [6.45, 7) is 1.73. The van der Waals surface area contributed by atoms with Gasteiger partial charge in [0.25, 0.3) is 0 Å². The number of halogens is 3. The van der Waals surface area contributed by atoms with Gasteiger partial charge < -0.3 is 20.4 Å². The summed E-state index contributed by atoms with van der Waals surface area (Å²) in [5.74, 6) is -13.7. The molecule has 0 bridgehead atoms. The van der Waals surface area contributed by atoms with Crippen molar-refractivity contribution >= 4 is 0 Å². The molecular weight excluding hydrogens is 217 g/mol. The van der Waals surface area contributed by atoms with Crippen molar-refractivity contribution < 1.29 is 33.6 Å². The molecule has 1 atom stereocenters. The molecule has 0 aromatic rings. The summed E-state index contributed by atoms with van der Waals surface area (Å²) < 4.78 is 38.7. The SMILES string of the molecule is CCCCCC(F)(F)C(O)(F)C(O)(O)O. The van der Waals surface area contributed by atoms with Gasteiger partial charge in [-0.15, -0.1) is 0 Å². The summed E-state index contributed by atoms with van der Waals surface area (Å²) in [6.07, 6.45) is -0.215. The number of hydrogen-bond donors (Lipinski definition) is 4. The van der Waals surface area contributed by atoms with E-state index >= 15 is 0 Å². The lowest BCUT2D eigenvalue weighted by molar-refractivity contribution is -0.466. The first-order valence-corrected chi connectivity index (χ1v) is 4.52. The lowest BCUT2D eigenvalue weighted by Gasteiger charge is -2.34. The molecule has 0 aliphatic rings. The Morgan fingerprint density at radius 1 is 0.933 bits per heavy atom. The Labute approximate surface area is 85.0 Å². The third-order valence-electron chi connectivity index (χ3n) is 2.02. The fourth-order valence-electron chi connectivity index (χ4n) is 1.01. The molecule has 92 valence electrons. The summed E-state index contributed by atoms with van der Waals surface area (Å²) >= 11 is 0. The van der Waals surface area contributed by atoms with E-state index in [2.05, 4.69) is 0 Å². The first kappa shape index (κ1) is 14.6. The van der Waals surface area contributed by atoms with Crippen LogP contribution in [0.4, 0.5) is 13.2 Å². The highest BCUT2D eigenvalue weighted by Gasteiger charge is 2.66. The Morgan fingerprint density at radius 2 is 1.40 bits per heavy atom. The maximum atomic E-state index is 12.9. The lowest BCUT2D eigenvalue weighted by Crippen LogP contribution is -2.61. The van der Waals surface area contributed by atoms with E-state index in [4.69, 9.17) is 20.4 Å². The van der Waals surface area contributed by atoms with Gasteiger partial charge in [-0.1, -0.05) is 19.8 Å². The van der Waals surface area contributed by atoms with E-state index in [9.17, 15) is 13.2 Å². The highest BCUT2D eigenvalue weighted by molar-refractivity contribution is 4.89. The minimum Gasteiger partial charge on any atom is -0.351 e. The highest BCUT2D eigenvalue weighted by Crippen LogP contribution is 2.40. The van der Waals surface area contributed by atoms with E-state index in [1.54, 1.807) is 6.92 Å². The second kappa shape index (κ2) is 4.65. The molecule has 15 heavy (non-hydrogen) atoms. The average molecular weight is 232 g/mol. The zero-order valence-corrected chi connectivity index (χ0v) is 8.25. The van der Waals surface area contributed by atoms with E-state index in [1.807, 2.05) is 0 Å². The molecule has 0 amide bonds. The van der Waals surface area contributed by atoms with Crippen molar-refractivity contribution in [2.45, 2.75) is 50.4 Å². The second-order valence-corrected chi connectivity index (χ2v) is 3.42. The Hall–Kier alpha value is -0.370. The van der Waals surface area contributed by atoms with Gasteiger partial charge in [-0.05, 0) is 6.42 Å². The van der Waals surface area contributed by atoms with Gasteiger partial charge >= 0.3 is 17.8 Å². The van der Waals surface area contributed by atoms with Crippen LogP contribution in [0.25, 0.3) is 0 Å². The first-order chi connectivity index (χ1) is 6.56. The predicted octanol–water partition coefficient (Wildman–Crippen LogP) is 0.491. The fraction of sp³-hybridized carbons (Fsp3) is 1.00. The van der Waals surface area contributed by atoms with Crippen molar-refractivity contribution in [3.8, 4) is 0 Å². The van der Waals surface area contributed by atoms with Gasteiger partial charge in [-0.25, -0.2) is 0 Å². The third-order valence-corrected chi connectivity index (χ3v) is 2.02. The zero-order chi connectivity index (χ0) is 12.3. The van der Waals surface area contributed by atoms with Crippen LogP contribution in [0.2, 0.25) is 0 Å². The molecule has 0 rings (SSSR count). The Morgan fingerprint density at radius 3 is 1.73 bits per heavy atom. The smallest absolute Gasteiger partial charge is 0.351 e. The number of unbranched alkanes of at least 4 members (excludes halogenated alkanes) is 2. The van der Waals surface area contributed by atoms with Crippen molar-refractivity contribution in [1.29, 1.82) is 0 Å². The van der Waals surface area contributed by atoms with Gasteiger partial charge in [-0.2, -0.15) is 13.2 Å². The molecule has 0 saturated heterocycles. The summed E-state index contributed by atoms with van der Waals surface area (Å²) in [5, 5.41) is 33.2. The van der Waals surface area contributed by atoms with Crippen LogP contribution in [0.1, 0.15) is 32.6 Å². The van der Waals surface area contributed by atoms with Crippen molar-refractivity contribution in [1.82, 2.24) is 0 Å². The van der Waals surface area contributed by atoms with Crippen molar-refractivity contribution in [2.24, 2.45) is 0 Å². The molecule has 0 heterocycles. The summed E-state index contributed by atoms with van der Waals surface area (Å²) in [6, 6.07) is 0. The molecule has 1 unspecified atom stereocenters. The summed E-state index contributed by atoms with van der Waals surface area (Å²) in [4.78, 5) is 0. The van der Waals surface area contributed by atoms with E-state index in [1.165, 1.54) is 0 Å². The second-order valence-electron chi connectivity index (χ2n) is 3.42. The van der Waals surface area contributed by atoms with Crippen molar-refractivity contribution in [3.63, 3.8) is 0 Å². The van der Waals surface area contributed by atoms with Crippen LogP contribution in [-0.2, 0) is 0 Å². The molecule has 7 heteroatoms. The van der Waals surface area contributed by atoms with Crippen LogP contribution in [0.15, 0.2) is 0 Å². The molecule has 0 saturated carbocycles. The number of hydrogen-bond acceptors (Lipinski definition) is 4. The van der Waals surface area contributed by atoms with Crippen LogP contribution in [0, 0.1) is 0 Å². The van der Waals surface area contributed by atoms with Crippen LogP contribution in [-0.4, -0.2) is 38.2 Å². The summed E-state index contributed by atoms with van der Waals surface area (Å²) in [5.41, 5.74) is 0. The van der Waals surface area contributed by atoms with Gasteiger partial charge in [0.15, 0.2) is 0 Å². The van der Waals surface area contributed by atoms with Gasteiger partial charge in [0.2, 0.25) is 0 Å². The van der Waals surface area contributed by atoms with Crippen molar-refractivity contribution in [2.75, 3.05) is 0 Å². The predicted molar refractivity (Wildman–Crippen MR) is 44.5 cm³/mol. The molecule has 0 aliphatic carbocycles. The monoisotopic (exact) mass is 232 g/mol. The molecule has 0 aliphatic heterocycles. The minimum atomic E-state index is -4.78. The zero-order valence-electron chi connectivity index (χ0n) is 8.25. The van der Waals surface area contributed by atoms with Gasteiger partial charge in [0.1, 0.15) is 0 Å². The van der Waals surface area contributed by atoms with Crippen LogP contribution >= 0.6 is 0 Å². The maximum Gasteiger partial charge on any atom is 0.352 e. The molecule has 0 fully saturated rings. The van der Waals surface area contributed by atoms with E-state index in [0.29, 0.717) is 12.8 Å². The largest absolute Gasteiger partial charge is 0.352 e. The molecule has 0 aromatic carbocycles. The molecular formula is C8H15F3O4. The van der Waals surface area contributed by atoms with E-state index < -0.39 is 24.2 Å². The molecule has 0 spiro atoms. The van der Waals surface area contributed by atoms with Crippen molar-refractivity contribution in [3.05, 3.63) is 0 Å². The molecule has 0 radical (unpaired) electrons. The number of aliphatic hydroxyl groups is 4. The molecule has 4 nitrogen and oxygen atoms in total. The van der Waals surface area contributed by atoms with Gasteiger partial charge in [-0.3, -0.25) is 0 Å². The Bertz CT molecular complexity index is 201. The standard InChI is InChI=1S/C8H15F3O4/c1-2-3-4-5-6(9,10)7(11,12)8(13,14)15/h12-15H,2-5H2,1H3. The van der Waals surface area contributed by atoms with Gasteiger partial charge in [0.05, 0.1) is 0 Å². The minimum absolute atomic E-state index is 0.105. The molecule has 4 N–H and O–H groups in total. The Kier molecular flexibility index (Phi) is 4.53. The van der Waals surface area contributed by atoms with Crippen LogP contribution < -0.4 is 0 Å². The summed E-state index contributed by atoms with van der Waals surface area (Å²) in [7, 11) is 0. The Balaban J connectivity index is 4.56. The average Bonchev–Trinajstić information content (AvgIpc) is 2.02. The van der Waals surface area contributed by atoms with Crippen LogP contribution in [0.5, 0.6) is 0 Å². The normalized spacial score (nSPS) is 17.6.